The molecule has 23 heavy (non-hydrogen) atoms. The van der Waals surface area contributed by atoms with E-state index < -0.39 is 19.0 Å². The molecule has 0 aromatic heterocycles. The van der Waals surface area contributed by atoms with E-state index >= 15 is 0 Å². The lowest BCUT2D eigenvalue weighted by molar-refractivity contribution is -0.148. The minimum Gasteiger partial charge on any atom is -0.342 e. The third-order valence-electron chi connectivity index (χ3n) is 5.01. The van der Waals surface area contributed by atoms with Gasteiger partial charge >= 0.3 is 6.18 Å². The van der Waals surface area contributed by atoms with Crippen molar-refractivity contribution in [1.29, 1.82) is 0 Å². The molecular formula is C17H21F3N2O. The molecule has 0 unspecified atom stereocenters. The number of alkyl halides is 3. The van der Waals surface area contributed by atoms with E-state index in [0.29, 0.717) is 24.9 Å². The molecule has 3 rings (SSSR count). The smallest absolute Gasteiger partial charge is 0.342 e. The first-order valence-corrected chi connectivity index (χ1v) is 7.95. The quantitative estimate of drug-likeness (QED) is 0.852. The van der Waals surface area contributed by atoms with Gasteiger partial charge in [-0.15, -0.1) is 0 Å². The monoisotopic (exact) mass is 326 g/mol. The zero-order valence-electron chi connectivity index (χ0n) is 13.1. The van der Waals surface area contributed by atoms with E-state index in [2.05, 4.69) is 24.1 Å². The van der Waals surface area contributed by atoms with Gasteiger partial charge in [0.2, 0.25) is 5.91 Å². The van der Waals surface area contributed by atoms with Crippen LogP contribution in [0.5, 0.6) is 0 Å². The van der Waals surface area contributed by atoms with Crippen LogP contribution in [0.25, 0.3) is 0 Å². The number of fused-ring (bicyclic) bond motifs is 1. The molecule has 2 fully saturated rings. The molecule has 2 aliphatic heterocycles. The van der Waals surface area contributed by atoms with E-state index in [9.17, 15) is 18.0 Å². The van der Waals surface area contributed by atoms with Crippen LogP contribution < -0.4 is 0 Å². The standard InChI is InChI=1S/C17H21F3N2O/c1-21-9-13-10-22(15(23)7-8-17(18,19)20)11-14(13)16(21)12-5-3-2-4-6-12/h2-6,13-14,16H,7-11H2,1H3/t13-,14+,16-/m0/s1. The molecule has 2 aliphatic rings. The third-order valence-corrected chi connectivity index (χ3v) is 5.01. The maximum absolute atomic E-state index is 12.3. The highest BCUT2D eigenvalue weighted by atomic mass is 19.4. The second-order valence-electron chi connectivity index (χ2n) is 6.63. The Morgan fingerprint density at radius 1 is 1.17 bits per heavy atom. The summed E-state index contributed by atoms with van der Waals surface area (Å²) in [7, 11) is 2.08. The zero-order chi connectivity index (χ0) is 16.6. The number of amides is 1. The summed E-state index contributed by atoms with van der Waals surface area (Å²) in [5.74, 6) is 0.281. The molecule has 0 saturated carbocycles. The molecule has 6 heteroatoms. The summed E-state index contributed by atoms with van der Waals surface area (Å²) in [5.41, 5.74) is 1.21. The average Bonchev–Trinajstić information content (AvgIpc) is 3.01. The van der Waals surface area contributed by atoms with Gasteiger partial charge in [0.05, 0.1) is 6.42 Å². The molecule has 126 valence electrons. The predicted octanol–water partition coefficient (Wildman–Crippen LogP) is 3.09. The highest BCUT2D eigenvalue weighted by molar-refractivity contribution is 5.76. The SMILES string of the molecule is CN1C[C@H]2CN(C(=O)CCC(F)(F)F)C[C@H]2[C@@H]1c1ccccc1. The molecule has 1 amide bonds. The molecule has 1 aromatic rings. The fraction of sp³-hybridized carbons (Fsp3) is 0.588. The number of benzene rings is 1. The number of carbonyl (C=O) groups excluding carboxylic acids is 1. The molecule has 0 spiro atoms. The first-order chi connectivity index (χ1) is 10.8. The molecule has 3 atom stereocenters. The van der Waals surface area contributed by atoms with Gasteiger partial charge in [0.25, 0.3) is 0 Å². The van der Waals surface area contributed by atoms with E-state index in [1.807, 2.05) is 18.2 Å². The first-order valence-electron chi connectivity index (χ1n) is 7.95. The van der Waals surface area contributed by atoms with E-state index in [4.69, 9.17) is 0 Å². The zero-order valence-corrected chi connectivity index (χ0v) is 13.1. The summed E-state index contributed by atoms with van der Waals surface area (Å²) < 4.78 is 36.9. The van der Waals surface area contributed by atoms with Crippen molar-refractivity contribution in [3.05, 3.63) is 35.9 Å². The largest absolute Gasteiger partial charge is 0.389 e. The van der Waals surface area contributed by atoms with Gasteiger partial charge in [-0.2, -0.15) is 13.2 Å². The van der Waals surface area contributed by atoms with Gasteiger partial charge in [-0.05, 0) is 18.5 Å². The Bertz CT molecular complexity index is 561. The van der Waals surface area contributed by atoms with Crippen molar-refractivity contribution < 1.29 is 18.0 Å². The van der Waals surface area contributed by atoms with Crippen molar-refractivity contribution >= 4 is 5.91 Å². The van der Waals surface area contributed by atoms with Crippen LogP contribution >= 0.6 is 0 Å². The highest BCUT2D eigenvalue weighted by Crippen LogP contribution is 2.44. The maximum Gasteiger partial charge on any atom is 0.389 e. The van der Waals surface area contributed by atoms with E-state index in [1.165, 1.54) is 5.56 Å². The second kappa shape index (κ2) is 6.15. The Balaban J connectivity index is 1.66. The van der Waals surface area contributed by atoms with Crippen LogP contribution in [0.3, 0.4) is 0 Å². The van der Waals surface area contributed by atoms with E-state index in [0.717, 1.165) is 6.54 Å². The van der Waals surface area contributed by atoms with Crippen molar-refractivity contribution in [2.24, 2.45) is 11.8 Å². The Morgan fingerprint density at radius 3 is 2.52 bits per heavy atom. The van der Waals surface area contributed by atoms with Gasteiger partial charge in [0, 0.05) is 38.0 Å². The van der Waals surface area contributed by atoms with Gasteiger partial charge in [-0.3, -0.25) is 9.69 Å². The molecule has 0 N–H and O–H groups in total. The molecule has 0 radical (unpaired) electrons. The fourth-order valence-corrected chi connectivity index (χ4v) is 4.02. The van der Waals surface area contributed by atoms with Gasteiger partial charge < -0.3 is 4.90 Å². The summed E-state index contributed by atoms with van der Waals surface area (Å²) in [6, 6.07) is 10.4. The molecule has 2 saturated heterocycles. The van der Waals surface area contributed by atoms with Crippen molar-refractivity contribution in [3.8, 4) is 0 Å². The summed E-state index contributed by atoms with van der Waals surface area (Å²) in [5, 5.41) is 0. The van der Waals surface area contributed by atoms with Crippen molar-refractivity contribution in [3.63, 3.8) is 0 Å². The molecule has 3 nitrogen and oxygen atoms in total. The Labute approximate surface area is 134 Å². The fourth-order valence-electron chi connectivity index (χ4n) is 4.02. The molecule has 2 heterocycles. The summed E-state index contributed by atoms with van der Waals surface area (Å²) >= 11 is 0. The number of likely N-dealkylation sites (tertiary alicyclic amines) is 2. The lowest BCUT2D eigenvalue weighted by atomic mass is 9.90. The van der Waals surface area contributed by atoms with E-state index in [-0.39, 0.29) is 11.9 Å². The Kier molecular flexibility index (Phi) is 4.36. The molecule has 0 aliphatic carbocycles. The van der Waals surface area contributed by atoms with Gasteiger partial charge in [0.15, 0.2) is 0 Å². The second-order valence-corrected chi connectivity index (χ2v) is 6.63. The molecule has 1 aromatic carbocycles. The van der Waals surface area contributed by atoms with Gasteiger partial charge in [0.1, 0.15) is 0 Å². The Hall–Kier alpha value is -1.56. The number of hydrogen-bond acceptors (Lipinski definition) is 2. The van der Waals surface area contributed by atoms with Crippen LogP contribution in [0.4, 0.5) is 13.2 Å². The van der Waals surface area contributed by atoms with Crippen LogP contribution in [-0.4, -0.2) is 48.6 Å². The highest BCUT2D eigenvalue weighted by Gasteiger charge is 2.47. The summed E-state index contributed by atoms with van der Waals surface area (Å²) in [6.45, 7) is 2.02. The summed E-state index contributed by atoms with van der Waals surface area (Å²) in [4.78, 5) is 16.0. The topological polar surface area (TPSA) is 23.6 Å². The minimum atomic E-state index is -4.27. The maximum atomic E-state index is 12.3. The Morgan fingerprint density at radius 2 is 1.87 bits per heavy atom. The van der Waals surface area contributed by atoms with Crippen LogP contribution in [0.15, 0.2) is 30.3 Å². The van der Waals surface area contributed by atoms with Crippen molar-refractivity contribution in [2.45, 2.75) is 25.1 Å². The van der Waals surface area contributed by atoms with E-state index in [1.54, 1.807) is 4.90 Å². The lowest BCUT2D eigenvalue weighted by Gasteiger charge is -2.27. The normalized spacial score (nSPS) is 28.2. The van der Waals surface area contributed by atoms with Crippen LogP contribution in [-0.2, 0) is 4.79 Å². The third kappa shape index (κ3) is 3.52. The molecular weight excluding hydrogens is 305 g/mol. The van der Waals surface area contributed by atoms with Crippen molar-refractivity contribution in [1.82, 2.24) is 9.80 Å². The number of nitrogens with zero attached hydrogens (tertiary/aromatic N) is 2. The van der Waals surface area contributed by atoms with Crippen LogP contribution in [0, 0.1) is 11.8 Å². The number of hydrogen-bond donors (Lipinski definition) is 0. The van der Waals surface area contributed by atoms with Crippen LogP contribution in [0.1, 0.15) is 24.4 Å². The number of rotatable bonds is 3. The van der Waals surface area contributed by atoms with Crippen molar-refractivity contribution in [2.75, 3.05) is 26.7 Å². The first kappa shape index (κ1) is 16.3. The number of carbonyl (C=O) groups is 1. The summed E-state index contributed by atoms with van der Waals surface area (Å²) in [6.07, 6.45) is -5.73. The van der Waals surface area contributed by atoms with Crippen LogP contribution in [0.2, 0.25) is 0 Å². The minimum absolute atomic E-state index is 0.238. The number of halogens is 3. The van der Waals surface area contributed by atoms with Gasteiger partial charge in [-0.1, -0.05) is 30.3 Å². The average molecular weight is 326 g/mol. The lowest BCUT2D eigenvalue weighted by Crippen LogP contribution is -2.33. The predicted molar refractivity (Wildman–Crippen MR) is 80.7 cm³/mol. The molecule has 0 bridgehead atoms. The van der Waals surface area contributed by atoms with Gasteiger partial charge in [-0.25, -0.2) is 0 Å².